The van der Waals surface area contributed by atoms with E-state index in [4.69, 9.17) is 9.47 Å². The fraction of sp³-hybridized carbons (Fsp3) is 0.600. The first-order chi connectivity index (χ1) is 13.5. The highest BCUT2D eigenvalue weighted by atomic mass is 19.2. The number of piperazine rings is 1. The Kier molecular flexibility index (Phi) is 6.96. The number of halogens is 2. The van der Waals surface area contributed by atoms with E-state index < -0.39 is 17.7 Å². The molecule has 0 spiro atoms. The standard InChI is InChI=1S/C20H26F2N2O4/c1-14(28-13-16-4-2-3-11-27-16)19(25)23-7-9-24(10-8-23)20(26)15-5-6-17(21)18(22)12-15/h5-6,12,14,16H,2-4,7-11,13H2,1H3. The van der Waals surface area contributed by atoms with Crippen LogP contribution >= 0.6 is 0 Å². The largest absolute Gasteiger partial charge is 0.376 e. The Morgan fingerprint density at radius 2 is 1.86 bits per heavy atom. The van der Waals surface area contributed by atoms with Crippen molar-refractivity contribution >= 4 is 11.8 Å². The third-order valence-corrected chi connectivity index (χ3v) is 5.20. The second-order valence-corrected chi connectivity index (χ2v) is 7.21. The van der Waals surface area contributed by atoms with E-state index in [1.165, 1.54) is 11.0 Å². The fourth-order valence-electron chi connectivity index (χ4n) is 3.46. The number of carbonyl (C=O) groups is 2. The average Bonchev–Trinajstić information content (AvgIpc) is 2.73. The zero-order chi connectivity index (χ0) is 20.1. The van der Waals surface area contributed by atoms with Gasteiger partial charge in [-0.05, 0) is 44.4 Å². The molecule has 0 saturated carbocycles. The number of hydrogen-bond acceptors (Lipinski definition) is 4. The zero-order valence-electron chi connectivity index (χ0n) is 16.0. The highest BCUT2D eigenvalue weighted by Gasteiger charge is 2.28. The maximum absolute atomic E-state index is 13.3. The quantitative estimate of drug-likeness (QED) is 0.766. The normalized spacial score (nSPS) is 21.5. The summed E-state index contributed by atoms with van der Waals surface area (Å²) in [5.74, 6) is -2.52. The molecule has 0 bridgehead atoms. The third kappa shape index (κ3) is 5.05. The lowest BCUT2D eigenvalue weighted by Gasteiger charge is -2.36. The Morgan fingerprint density at radius 1 is 1.14 bits per heavy atom. The van der Waals surface area contributed by atoms with Crippen molar-refractivity contribution in [2.24, 2.45) is 0 Å². The number of benzene rings is 1. The van der Waals surface area contributed by atoms with Crippen LogP contribution in [-0.4, -0.2) is 73.2 Å². The third-order valence-electron chi connectivity index (χ3n) is 5.20. The van der Waals surface area contributed by atoms with E-state index in [9.17, 15) is 18.4 Å². The predicted octanol–water partition coefficient (Wildman–Crippen LogP) is 2.22. The Labute approximate surface area is 163 Å². The van der Waals surface area contributed by atoms with Crippen LogP contribution in [0.2, 0.25) is 0 Å². The van der Waals surface area contributed by atoms with E-state index in [-0.39, 0.29) is 23.5 Å². The first-order valence-corrected chi connectivity index (χ1v) is 9.72. The van der Waals surface area contributed by atoms with Gasteiger partial charge in [-0.1, -0.05) is 0 Å². The molecule has 1 aromatic carbocycles. The van der Waals surface area contributed by atoms with Crippen LogP contribution < -0.4 is 0 Å². The van der Waals surface area contributed by atoms with Gasteiger partial charge < -0.3 is 19.3 Å². The lowest BCUT2D eigenvalue weighted by atomic mass is 10.1. The van der Waals surface area contributed by atoms with E-state index in [0.717, 1.165) is 38.0 Å². The molecule has 2 heterocycles. The number of amides is 2. The molecule has 2 fully saturated rings. The number of rotatable bonds is 5. The van der Waals surface area contributed by atoms with Crippen molar-refractivity contribution in [2.75, 3.05) is 39.4 Å². The molecule has 3 rings (SSSR count). The Hall–Kier alpha value is -2.06. The summed E-state index contributed by atoms with van der Waals surface area (Å²) >= 11 is 0. The minimum absolute atomic E-state index is 0.0505. The monoisotopic (exact) mass is 396 g/mol. The van der Waals surface area contributed by atoms with Crippen LogP contribution in [0.3, 0.4) is 0 Å². The molecule has 154 valence electrons. The van der Waals surface area contributed by atoms with Crippen molar-refractivity contribution in [1.82, 2.24) is 9.80 Å². The Bertz CT molecular complexity index is 701. The van der Waals surface area contributed by atoms with Crippen LogP contribution in [0.15, 0.2) is 18.2 Å². The predicted molar refractivity (Wildman–Crippen MR) is 97.8 cm³/mol. The van der Waals surface area contributed by atoms with E-state index >= 15 is 0 Å². The van der Waals surface area contributed by atoms with Crippen LogP contribution in [0.5, 0.6) is 0 Å². The number of hydrogen-bond donors (Lipinski definition) is 0. The van der Waals surface area contributed by atoms with Gasteiger partial charge in [-0.2, -0.15) is 0 Å². The summed E-state index contributed by atoms with van der Waals surface area (Å²) < 4.78 is 37.7. The van der Waals surface area contributed by atoms with Gasteiger partial charge in [0.1, 0.15) is 6.10 Å². The van der Waals surface area contributed by atoms with Crippen molar-refractivity contribution in [3.05, 3.63) is 35.4 Å². The van der Waals surface area contributed by atoms with Gasteiger partial charge in [-0.25, -0.2) is 8.78 Å². The first-order valence-electron chi connectivity index (χ1n) is 9.72. The number of ether oxygens (including phenoxy) is 2. The van der Waals surface area contributed by atoms with Gasteiger partial charge in [0.2, 0.25) is 0 Å². The molecular weight excluding hydrogens is 370 g/mol. The fourth-order valence-corrected chi connectivity index (χ4v) is 3.46. The highest BCUT2D eigenvalue weighted by molar-refractivity contribution is 5.94. The second-order valence-electron chi connectivity index (χ2n) is 7.21. The van der Waals surface area contributed by atoms with E-state index in [0.29, 0.717) is 32.8 Å². The van der Waals surface area contributed by atoms with Gasteiger partial charge in [-0.15, -0.1) is 0 Å². The van der Waals surface area contributed by atoms with Crippen molar-refractivity contribution < 1.29 is 27.8 Å². The van der Waals surface area contributed by atoms with Gasteiger partial charge in [0.15, 0.2) is 11.6 Å². The van der Waals surface area contributed by atoms with E-state index in [2.05, 4.69) is 0 Å². The molecule has 2 saturated heterocycles. The molecule has 2 aliphatic heterocycles. The van der Waals surface area contributed by atoms with Crippen LogP contribution in [0, 0.1) is 11.6 Å². The van der Waals surface area contributed by atoms with Gasteiger partial charge in [0.25, 0.3) is 11.8 Å². The van der Waals surface area contributed by atoms with Crippen LogP contribution in [-0.2, 0) is 14.3 Å². The minimum atomic E-state index is -1.05. The molecule has 0 aliphatic carbocycles. The molecule has 1 aromatic rings. The topological polar surface area (TPSA) is 59.1 Å². The Balaban J connectivity index is 1.46. The molecule has 28 heavy (non-hydrogen) atoms. The average molecular weight is 396 g/mol. The lowest BCUT2D eigenvalue weighted by Crippen LogP contribution is -2.53. The summed E-state index contributed by atoms with van der Waals surface area (Å²) in [6, 6.07) is 3.11. The molecule has 8 heteroatoms. The first kappa shape index (κ1) is 20.7. The van der Waals surface area contributed by atoms with Crippen LogP contribution in [0.1, 0.15) is 36.5 Å². The number of carbonyl (C=O) groups excluding carboxylic acids is 2. The maximum atomic E-state index is 13.3. The SMILES string of the molecule is CC(OCC1CCCCO1)C(=O)N1CCN(C(=O)c2ccc(F)c(F)c2)CC1. The molecule has 0 aromatic heterocycles. The smallest absolute Gasteiger partial charge is 0.254 e. The molecule has 2 aliphatic rings. The minimum Gasteiger partial charge on any atom is -0.376 e. The van der Waals surface area contributed by atoms with Gasteiger partial charge in [0.05, 0.1) is 12.7 Å². The summed E-state index contributed by atoms with van der Waals surface area (Å²) in [5, 5.41) is 0. The zero-order valence-corrected chi connectivity index (χ0v) is 16.0. The summed E-state index contributed by atoms with van der Waals surface area (Å²) in [7, 11) is 0. The van der Waals surface area contributed by atoms with Crippen LogP contribution in [0.4, 0.5) is 8.78 Å². The molecule has 2 amide bonds. The van der Waals surface area contributed by atoms with E-state index in [1.807, 2.05) is 0 Å². The van der Waals surface area contributed by atoms with Gasteiger partial charge in [0, 0.05) is 38.3 Å². The summed E-state index contributed by atoms with van der Waals surface area (Å²) in [5.41, 5.74) is 0.0999. The van der Waals surface area contributed by atoms with Crippen molar-refractivity contribution in [2.45, 2.75) is 38.4 Å². The summed E-state index contributed by atoms with van der Waals surface area (Å²) in [4.78, 5) is 28.2. The lowest BCUT2D eigenvalue weighted by molar-refractivity contribution is -0.147. The van der Waals surface area contributed by atoms with Gasteiger partial charge >= 0.3 is 0 Å². The molecular formula is C20H26F2N2O4. The van der Waals surface area contributed by atoms with Gasteiger partial charge in [-0.3, -0.25) is 9.59 Å². The number of nitrogens with zero attached hydrogens (tertiary/aromatic N) is 2. The molecule has 2 unspecified atom stereocenters. The Morgan fingerprint density at radius 3 is 2.50 bits per heavy atom. The molecule has 0 N–H and O–H groups in total. The summed E-state index contributed by atoms with van der Waals surface area (Å²) in [6.07, 6.45) is 2.61. The highest BCUT2D eigenvalue weighted by Crippen LogP contribution is 2.16. The van der Waals surface area contributed by atoms with Crippen LogP contribution in [0.25, 0.3) is 0 Å². The van der Waals surface area contributed by atoms with Crippen molar-refractivity contribution in [1.29, 1.82) is 0 Å². The summed E-state index contributed by atoms with van der Waals surface area (Å²) in [6.45, 7) is 4.30. The second kappa shape index (κ2) is 9.43. The van der Waals surface area contributed by atoms with E-state index in [1.54, 1.807) is 11.8 Å². The molecule has 0 radical (unpaired) electrons. The van der Waals surface area contributed by atoms with Crippen molar-refractivity contribution in [3.63, 3.8) is 0 Å². The maximum Gasteiger partial charge on any atom is 0.254 e. The molecule has 2 atom stereocenters. The van der Waals surface area contributed by atoms with Crippen molar-refractivity contribution in [3.8, 4) is 0 Å². The molecule has 6 nitrogen and oxygen atoms in total.